The highest BCUT2D eigenvalue weighted by Crippen LogP contribution is 2.34. The molecule has 0 saturated heterocycles. The third kappa shape index (κ3) is 7.10. The topological polar surface area (TPSA) is 146 Å². The van der Waals surface area contributed by atoms with Gasteiger partial charge in [-0.15, -0.1) is 0 Å². The summed E-state index contributed by atoms with van der Waals surface area (Å²) in [5.41, 5.74) is 2.88. The van der Waals surface area contributed by atoms with Crippen molar-refractivity contribution in [2.45, 2.75) is 6.61 Å². The largest absolute Gasteiger partial charge is 0.488 e. The molecule has 0 spiro atoms. The van der Waals surface area contributed by atoms with Crippen molar-refractivity contribution in [3.05, 3.63) is 132 Å². The molecule has 1 amide bonds. The Balaban J connectivity index is 1.43. The third-order valence-electron chi connectivity index (χ3n) is 5.35. The Morgan fingerprint density at radius 2 is 1.70 bits per heavy atom. The summed E-state index contributed by atoms with van der Waals surface area (Å²) in [6.07, 6.45) is 1.35. The summed E-state index contributed by atoms with van der Waals surface area (Å²) in [6, 6.07) is 21.1. The van der Waals surface area contributed by atoms with Gasteiger partial charge in [0, 0.05) is 21.7 Å². The van der Waals surface area contributed by atoms with Gasteiger partial charge in [-0.05, 0) is 48.0 Å². The smallest absolute Gasteiger partial charge is 0.318 e. The number of para-hydroxylation sites is 1. The molecule has 0 atom stereocenters. The van der Waals surface area contributed by atoms with Gasteiger partial charge in [-0.2, -0.15) is 5.10 Å². The number of nitrogens with zero attached hydrogens (tertiary/aromatic N) is 3. The summed E-state index contributed by atoms with van der Waals surface area (Å²) in [5.74, 6) is -0.161. The summed E-state index contributed by atoms with van der Waals surface area (Å²) in [6.45, 7) is 0.114. The number of nitrogens with one attached hydrogen (secondary N) is 1. The average molecular weight is 581 g/mol. The predicted octanol–water partition coefficient (Wildman–Crippen LogP) is 6.95. The van der Waals surface area contributed by atoms with Gasteiger partial charge < -0.3 is 9.47 Å². The van der Waals surface area contributed by atoms with Crippen LogP contribution in [0.5, 0.6) is 17.2 Å². The van der Waals surface area contributed by atoms with Crippen molar-refractivity contribution in [1.29, 1.82) is 0 Å². The second kappa shape index (κ2) is 12.7. The molecule has 1 N–H and O–H groups in total. The van der Waals surface area contributed by atoms with Crippen LogP contribution in [0.1, 0.15) is 21.5 Å². The first-order valence-corrected chi connectivity index (χ1v) is 12.2. The summed E-state index contributed by atoms with van der Waals surface area (Å²) in [5, 5.41) is 27.2. The molecule has 0 radical (unpaired) electrons. The van der Waals surface area contributed by atoms with Crippen LogP contribution < -0.4 is 14.9 Å². The average Bonchev–Trinajstić information content (AvgIpc) is 2.93. The number of ether oxygens (including phenoxy) is 2. The van der Waals surface area contributed by atoms with Crippen molar-refractivity contribution in [1.82, 2.24) is 5.43 Å². The molecule has 40 heavy (non-hydrogen) atoms. The summed E-state index contributed by atoms with van der Waals surface area (Å²) >= 11 is 12.1. The van der Waals surface area contributed by atoms with Gasteiger partial charge in [-0.3, -0.25) is 25.0 Å². The molecule has 13 heteroatoms. The summed E-state index contributed by atoms with van der Waals surface area (Å²) in [7, 11) is 0. The van der Waals surface area contributed by atoms with E-state index >= 15 is 0 Å². The fourth-order valence-corrected chi connectivity index (χ4v) is 3.90. The molecule has 0 aliphatic heterocycles. The van der Waals surface area contributed by atoms with Crippen molar-refractivity contribution in [2.75, 3.05) is 0 Å². The predicted molar refractivity (Wildman–Crippen MR) is 149 cm³/mol. The van der Waals surface area contributed by atoms with E-state index in [0.29, 0.717) is 26.9 Å². The molecule has 202 valence electrons. The molecule has 0 saturated carbocycles. The number of non-ortho nitro benzene ring substituents is 1. The maximum absolute atomic E-state index is 12.8. The quantitative estimate of drug-likeness (QED) is 0.121. The van der Waals surface area contributed by atoms with E-state index in [1.165, 1.54) is 12.3 Å². The fourth-order valence-electron chi connectivity index (χ4n) is 3.43. The first kappa shape index (κ1) is 28.0. The number of hydrogen-bond donors (Lipinski definition) is 1. The number of hydrogen-bond acceptors (Lipinski definition) is 8. The minimum Gasteiger partial charge on any atom is -0.488 e. The molecular weight excluding hydrogens is 563 g/mol. The molecule has 0 aliphatic carbocycles. The summed E-state index contributed by atoms with van der Waals surface area (Å²) in [4.78, 5) is 33.6. The van der Waals surface area contributed by atoms with Crippen LogP contribution in [0.25, 0.3) is 0 Å². The zero-order valence-corrected chi connectivity index (χ0v) is 21.8. The lowest BCUT2D eigenvalue weighted by molar-refractivity contribution is -0.394. The number of carbonyl (C=O) groups is 1. The van der Waals surface area contributed by atoms with E-state index in [9.17, 15) is 25.0 Å². The van der Waals surface area contributed by atoms with Crippen molar-refractivity contribution in [2.24, 2.45) is 5.10 Å². The number of halogens is 2. The lowest BCUT2D eigenvalue weighted by Gasteiger charge is -2.11. The molecule has 4 aromatic rings. The Kier molecular flexibility index (Phi) is 8.89. The van der Waals surface area contributed by atoms with Gasteiger partial charge in [0.1, 0.15) is 18.1 Å². The zero-order valence-electron chi connectivity index (χ0n) is 20.3. The Hall–Kier alpha value is -5.00. The Labute approximate surface area is 236 Å². The van der Waals surface area contributed by atoms with Crippen LogP contribution in [0.15, 0.2) is 90.0 Å². The molecule has 0 fully saturated rings. The van der Waals surface area contributed by atoms with Gasteiger partial charge in [-0.25, -0.2) is 5.43 Å². The Morgan fingerprint density at radius 3 is 2.45 bits per heavy atom. The first-order valence-electron chi connectivity index (χ1n) is 11.4. The molecule has 0 unspecified atom stereocenters. The normalized spacial score (nSPS) is 10.8. The van der Waals surface area contributed by atoms with Crippen molar-refractivity contribution in [3.63, 3.8) is 0 Å². The van der Waals surface area contributed by atoms with Crippen LogP contribution in [-0.2, 0) is 6.61 Å². The van der Waals surface area contributed by atoms with Crippen LogP contribution in [-0.4, -0.2) is 22.0 Å². The van der Waals surface area contributed by atoms with Crippen molar-refractivity contribution >= 4 is 46.7 Å². The Bertz CT molecular complexity index is 1630. The Morgan fingerprint density at radius 1 is 0.900 bits per heavy atom. The maximum atomic E-state index is 12.8. The van der Waals surface area contributed by atoms with Gasteiger partial charge in [0.25, 0.3) is 11.6 Å². The molecule has 0 aromatic heterocycles. The zero-order chi connectivity index (χ0) is 28.6. The lowest BCUT2D eigenvalue weighted by atomic mass is 10.2. The number of hydrazone groups is 1. The number of carbonyl (C=O) groups excluding carboxylic acids is 1. The van der Waals surface area contributed by atoms with Crippen LogP contribution in [0, 0.1) is 20.2 Å². The minimum atomic E-state index is -0.769. The second-order valence-electron chi connectivity index (χ2n) is 8.06. The number of rotatable bonds is 10. The van der Waals surface area contributed by atoms with Gasteiger partial charge in [0.15, 0.2) is 0 Å². The second-order valence-corrected chi connectivity index (χ2v) is 8.90. The van der Waals surface area contributed by atoms with Gasteiger partial charge >= 0.3 is 5.69 Å². The molecule has 0 bridgehead atoms. The van der Waals surface area contributed by atoms with Crippen LogP contribution >= 0.6 is 23.2 Å². The first-order chi connectivity index (χ1) is 19.2. The van der Waals surface area contributed by atoms with Crippen molar-refractivity contribution < 1.29 is 24.1 Å². The highest BCUT2D eigenvalue weighted by atomic mass is 35.5. The van der Waals surface area contributed by atoms with Gasteiger partial charge in [0.2, 0.25) is 5.75 Å². The molecule has 0 heterocycles. The van der Waals surface area contributed by atoms with Gasteiger partial charge in [0.05, 0.1) is 27.7 Å². The van der Waals surface area contributed by atoms with E-state index in [1.54, 1.807) is 60.7 Å². The highest BCUT2D eigenvalue weighted by Gasteiger charge is 2.21. The van der Waals surface area contributed by atoms with Crippen LogP contribution in [0.2, 0.25) is 10.0 Å². The van der Waals surface area contributed by atoms with E-state index in [-0.39, 0.29) is 23.7 Å². The lowest BCUT2D eigenvalue weighted by Crippen LogP contribution is -2.18. The molecule has 0 aliphatic rings. The molecule has 11 nitrogen and oxygen atoms in total. The highest BCUT2D eigenvalue weighted by molar-refractivity contribution is 6.35. The van der Waals surface area contributed by atoms with E-state index in [1.807, 2.05) is 0 Å². The van der Waals surface area contributed by atoms with Crippen molar-refractivity contribution in [3.8, 4) is 17.2 Å². The number of benzene rings is 4. The summed E-state index contributed by atoms with van der Waals surface area (Å²) < 4.78 is 11.4. The number of nitro groups is 2. The van der Waals surface area contributed by atoms with Crippen LogP contribution in [0.4, 0.5) is 11.4 Å². The fraction of sp³-hybridized carbons (Fsp3) is 0.0370. The standard InChI is InChI=1S/C27H18Cl2N4O7/c28-19-9-8-18(23(29)13-19)16-39-25-7-2-1-6-22(25)27(34)31-30-15-17-4-3-5-21(12-17)40-26-11-10-20(32(35)36)14-24(26)33(37)38/h1-15H,16H2,(H,31,34)/b30-15-. The van der Waals surface area contributed by atoms with Gasteiger partial charge in [-0.1, -0.05) is 53.5 Å². The SMILES string of the molecule is O=C(N/N=C\c1cccc(Oc2ccc([N+](=O)[O-])cc2[N+](=O)[O-])c1)c1ccccc1OCc1ccc(Cl)cc1Cl. The molecule has 4 rings (SSSR count). The van der Waals surface area contributed by atoms with E-state index in [2.05, 4.69) is 10.5 Å². The molecule has 4 aromatic carbocycles. The number of nitro benzene ring substituents is 2. The van der Waals surface area contributed by atoms with E-state index in [4.69, 9.17) is 32.7 Å². The maximum Gasteiger partial charge on any atom is 0.318 e. The number of amides is 1. The van der Waals surface area contributed by atoms with E-state index < -0.39 is 27.1 Å². The van der Waals surface area contributed by atoms with Crippen LogP contribution in [0.3, 0.4) is 0 Å². The van der Waals surface area contributed by atoms with E-state index in [0.717, 1.165) is 18.2 Å². The third-order valence-corrected chi connectivity index (χ3v) is 5.93. The molecular formula is C27H18Cl2N4O7. The monoisotopic (exact) mass is 580 g/mol. The minimum absolute atomic E-state index is 0.114.